The van der Waals surface area contributed by atoms with Gasteiger partial charge in [-0.2, -0.15) is 0 Å². The van der Waals surface area contributed by atoms with Gasteiger partial charge in [-0.1, -0.05) is 6.08 Å². The maximum absolute atomic E-state index is 10.2. The van der Waals surface area contributed by atoms with Gasteiger partial charge in [0.1, 0.15) is 12.8 Å². The molecule has 0 bridgehead atoms. The van der Waals surface area contributed by atoms with Crippen LogP contribution in [-0.2, 0) is 4.74 Å². The number of nitrogens with zero attached hydrogens (tertiary/aromatic N) is 1. The molecule has 0 aromatic rings. The molecular formula is C8H12N2O3. The van der Waals surface area contributed by atoms with Gasteiger partial charge in [0.15, 0.2) is 0 Å². The number of rotatable bonds is 3. The zero-order valence-electron chi connectivity index (χ0n) is 7.09. The first kappa shape index (κ1) is 9.60. The van der Waals surface area contributed by atoms with Crippen LogP contribution in [0, 0.1) is 0 Å². The molecule has 0 aliphatic carbocycles. The Labute approximate surface area is 76.1 Å². The van der Waals surface area contributed by atoms with Crippen molar-refractivity contribution < 1.29 is 14.6 Å². The molecule has 0 spiro atoms. The molecule has 1 unspecified atom stereocenters. The van der Waals surface area contributed by atoms with Gasteiger partial charge in [0.2, 0.25) is 0 Å². The van der Waals surface area contributed by atoms with Crippen molar-refractivity contribution in [3.63, 3.8) is 0 Å². The topological polar surface area (TPSA) is 75.8 Å². The van der Waals surface area contributed by atoms with Crippen LogP contribution in [0.2, 0.25) is 0 Å². The molecule has 1 atom stereocenters. The average molecular weight is 184 g/mol. The van der Waals surface area contributed by atoms with E-state index in [0.29, 0.717) is 6.54 Å². The number of primary amides is 1. The lowest BCUT2D eigenvalue weighted by atomic mass is 10.3. The maximum atomic E-state index is 10.2. The van der Waals surface area contributed by atoms with Crippen molar-refractivity contribution in [1.29, 1.82) is 0 Å². The Morgan fingerprint density at radius 3 is 3.00 bits per heavy atom. The van der Waals surface area contributed by atoms with Crippen LogP contribution < -0.4 is 5.73 Å². The van der Waals surface area contributed by atoms with Crippen molar-refractivity contribution in [1.82, 2.24) is 4.90 Å². The van der Waals surface area contributed by atoms with Gasteiger partial charge in [-0.3, -0.25) is 0 Å². The molecule has 13 heavy (non-hydrogen) atoms. The molecule has 1 heterocycles. The number of ether oxygens (including phenoxy) is 1. The summed E-state index contributed by atoms with van der Waals surface area (Å²) in [5.74, 6) is 0. The van der Waals surface area contributed by atoms with Crippen molar-refractivity contribution in [3.8, 4) is 0 Å². The second-order valence-electron chi connectivity index (χ2n) is 2.55. The molecule has 0 aromatic carbocycles. The first-order valence-electron chi connectivity index (χ1n) is 3.91. The van der Waals surface area contributed by atoms with E-state index in [1.165, 1.54) is 0 Å². The number of allylic oxidation sites excluding steroid dienone is 2. The Kier molecular flexibility index (Phi) is 3.33. The van der Waals surface area contributed by atoms with E-state index in [-0.39, 0.29) is 6.61 Å². The van der Waals surface area contributed by atoms with E-state index in [4.69, 9.17) is 5.73 Å². The highest BCUT2D eigenvalue weighted by atomic mass is 16.5. The van der Waals surface area contributed by atoms with Crippen LogP contribution in [0.5, 0.6) is 0 Å². The molecule has 0 saturated carbocycles. The SMILES string of the molecule is NC(=O)OCCN1C=CC=CC1O. The Balaban J connectivity index is 2.25. The molecule has 0 radical (unpaired) electrons. The maximum Gasteiger partial charge on any atom is 0.404 e. The number of amides is 1. The number of nitrogens with two attached hydrogens (primary N) is 1. The minimum Gasteiger partial charge on any atom is -0.448 e. The van der Waals surface area contributed by atoms with Gasteiger partial charge in [-0.25, -0.2) is 4.79 Å². The zero-order chi connectivity index (χ0) is 9.68. The highest BCUT2D eigenvalue weighted by Crippen LogP contribution is 2.04. The standard InChI is InChI=1S/C8H12N2O3/c9-8(12)13-6-5-10-4-2-1-3-7(10)11/h1-4,7,11H,5-6H2,(H2,9,12). The summed E-state index contributed by atoms with van der Waals surface area (Å²) in [6.45, 7) is 0.593. The summed E-state index contributed by atoms with van der Waals surface area (Å²) in [6.07, 6.45) is 5.43. The van der Waals surface area contributed by atoms with E-state index in [9.17, 15) is 9.90 Å². The van der Waals surface area contributed by atoms with Crippen LogP contribution in [0.4, 0.5) is 4.79 Å². The quantitative estimate of drug-likeness (QED) is 0.636. The minimum absolute atomic E-state index is 0.171. The van der Waals surface area contributed by atoms with Crippen molar-refractivity contribution in [3.05, 3.63) is 24.4 Å². The lowest BCUT2D eigenvalue weighted by Gasteiger charge is -2.25. The second kappa shape index (κ2) is 4.51. The van der Waals surface area contributed by atoms with Gasteiger partial charge in [0.05, 0.1) is 6.54 Å². The fourth-order valence-electron chi connectivity index (χ4n) is 0.981. The summed E-state index contributed by atoms with van der Waals surface area (Å²) in [6, 6.07) is 0. The molecule has 0 fully saturated rings. The molecule has 5 nitrogen and oxygen atoms in total. The fourth-order valence-corrected chi connectivity index (χ4v) is 0.981. The molecule has 5 heteroatoms. The number of carbonyl (C=O) groups is 1. The zero-order valence-corrected chi connectivity index (χ0v) is 7.09. The normalized spacial score (nSPS) is 20.4. The summed E-state index contributed by atoms with van der Waals surface area (Å²) in [7, 11) is 0. The minimum atomic E-state index is -0.800. The number of carbonyl (C=O) groups excluding carboxylic acids is 1. The van der Waals surface area contributed by atoms with Gasteiger partial charge in [0, 0.05) is 6.20 Å². The van der Waals surface area contributed by atoms with E-state index in [1.807, 2.05) is 0 Å². The number of hydrogen-bond donors (Lipinski definition) is 2. The third-order valence-corrected chi connectivity index (χ3v) is 1.61. The highest BCUT2D eigenvalue weighted by Gasteiger charge is 2.10. The summed E-state index contributed by atoms with van der Waals surface area (Å²) < 4.78 is 4.52. The summed E-state index contributed by atoms with van der Waals surface area (Å²) in [5, 5.41) is 9.35. The van der Waals surface area contributed by atoms with Gasteiger partial charge >= 0.3 is 6.09 Å². The third kappa shape index (κ3) is 3.16. The molecule has 72 valence electrons. The summed E-state index contributed by atoms with van der Waals surface area (Å²) in [5.41, 5.74) is 4.77. The Morgan fingerprint density at radius 1 is 1.62 bits per heavy atom. The highest BCUT2D eigenvalue weighted by molar-refractivity contribution is 5.64. The van der Waals surface area contributed by atoms with Crippen molar-refractivity contribution >= 4 is 6.09 Å². The van der Waals surface area contributed by atoms with Gasteiger partial charge in [0.25, 0.3) is 0 Å². The molecule has 0 aromatic heterocycles. The van der Waals surface area contributed by atoms with E-state index in [2.05, 4.69) is 4.74 Å². The number of hydrogen-bond acceptors (Lipinski definition) is 4. The fraction of sp³-hybridized carbons (Fsp3) is 0.375. The predicted octanol–water partition coefficient (Wildman–Crippen LogP) is -0.214. The van der Waals surface area contributed by atoms with Crippen LogP contribution in [-0.4, -0.2) is 35.5 Å². The van der Waals surface area contributed by atoms with Crippen LogP contribution in [0.3, 0.4) is 0 Å². The molecule has 0 saturated heterocycles. The lowest BCUT2D eigenvalue weighted by molar-refractivity contribution is 0.0591. The van der Waals surface area contributed by atoms with E-state index in [0.717, 1.165) is 0 Å². The molecule has 1 rings (SSSR count). The predicted molar refractivity (Wildman–Crippen MR) is 46.5 cm³/mol. The molecular weight excluding hydrogens is 172 g/mol. The van der Waals surface area contributed by atoms with Crippen molar-refractivity contribution in [2.75, 3.05) is 13.2 Å². The van der Waals surface area contributed by atoms with Crippen molar-refractivity contribution in [2.45, 2.75) is 6.23 Å². The van der Waals surface area contributed by atoms with Crippen LogP contribution >= 0.6 is 0 Å². The smallest absolute Gasteiger partial charge is 0.404 e. The second-order valence-corrected chi connectivity index (χ2v) is 2.55. The average Bonchev–Trinajstić information content (AvgIpc) is 2.08. The van der Waals surface area contributed by atoms with E-state index < -0.39 is 12.3 Å². The summed E-state index contributed by atoms with van der Waals surface area (Å²) in [4.78, 5) is 11.8. The van der Waals surface area contributed by atoms with Crippen LogP contribution in [0.15, 0.2) is 24.4 Å². The van der Waals surface area contributed by atoms with Gasteiger partial charge < -0.3 is 20.5 Å². The number of aliphatic hydroxyl groups excluding tert-OH is 1. The Bertz CT molecular complexity index is 238. The first-order chi connectivity index (χ1) is 6.20. The largest absolute Gasteiger partial charge is 0.448 e. The Morgan fingerprint density at radius 2 is 2.38 bits per heavy atom. The molecule has 1 aliphatic rings. The molecule has 1 amide bonds. The van der Waals surface area contributed by atoms with Crippen molar-refractivity contribution in [2.24, 2.45) is 5.73 Å². The monoisotopic (exact) mass is 184 g/mol. The summed E-state index contributed by atoms with van der Waals surface area (Å²) >= 11 is 0. The van der Waals surface area contributed by atoms with Gasteiger partial charge in [-0.15, -0.1) is 0 Å². The van der Waals surface area contributed by atoms with E-state index in [1.54, 1.807) is 29.3 Å². The first-order valence-corrected chi connectivity index (χ1v) is 3.91. The van der Waals surface area contributed by atoms with Crippen LogP contribution in [0.1, 0.15) is 0 Å². The lowest BCUT2D eigenvalue weighted by Crippen LogP contribution is -2.33. The van der Waals surface area contributed by atoms with Gasteiger partial charge in [-0.05, 0) is 12.2 Å². The Hall–Kier alpha value is -1.49. The number of aliphatic hydroxyl groups is 1. The third-order valence-electron chi connectivity index (χ3n) is 1.61. The van der Waals surface area contributed by atoms with Crippen LogP contribution in [0.25, 0.3) is 0 Å². The van der Waals surface area contributed by atoms with E-state index >= 15 is 0 Å². The molecule has 1 aliphatic heterocycles. The molecule has 3 N–H and O–H groups in total.